The van der Waals surface area contributed by atoms with Crippen LogP contribution in [-0.4, -0.2) is 107 Å². The van der Waals surface area contributed by atoms with E-state index in [4.69, 9.17) is 23.7 Å². The van der Waals surface area contributed by atoms with Crippen LogP contribution >= 0.6 is 15.9 Å². The Labute approximate surface area is 756 Å². The molecule has 7 aromatic rings. The highest BCUT2D eigenvalue weighted by Crippen LogP contribution is 2.33. The van der Waals surface area contributed by atoms with Gasteiger partial charge in [-0.3, -0.25) is 62.3 Å². The van der Waals surface area contributed by atoms with Crippen molar-refractivity contribution in [3.05, 3.63) is 429 Å². The first-order valence-electron chi connectivity index (χ1n) is 40.6. The van der Waals surface area contributed by atoms with Gasteiger partial charge in [0.15, 0.2) is 69.4 Å². The van der Waals surface area contributed by atoms with E-state index in [9.17, 15) is 72.2 Å². The van der Waals surface area contributed by atoms with E-state index < -0.39 is 46.6 Å². The van der Waals surface area contributed by atoms with Crippen LogP contribution in [0.15, 0.2) is 390 Å². The molecular weight excluding hydrogens is 1700 g/mol. The van der Waals surface area contributed by atoms with Crippen LogP contribution in [0.2, 0.25) is 0 Å². The molecule has 6 aliphatic carbocycles. The van der Waals surface area contributed by atoms with Crippen LogP contribution in [-0.2, 0) is 90.8 Å². The number of benzene rings is 7. The van der Waals surface area contributed by atoms with E-state index in [0.29, 0.717) is 75.1 Å². The topological polar surface area (TPSA) is 305 Å². The molecule has 0 unspecified atom stereocenters. The number of methoxy groups -OCH3 is 1. The minimum atomic E-state index is -0.670. The molecule has 0 saturated carbocycles. The third-order valence-corrected chi connectivity index (χ3v) is 20.4. The number of carbonyl (C=O) groups is 14. The van der Waals surface area contributed by atoms with Crippen molar-refractivity contribution in [1.29, 1.82) is 0 Å². The van der Waals surface area contributed by atoms with E-state index in [0.717, 1.165) is 38.9 Å². The Balaban J connectivity index is 0.000000193. The number of carbonyl (C=O) groups excluding carboxylic acids is 14. The zero-order valence-corrected chi connectivity index (χ0v) is 74.6. The number of rotatable bonds is 22. The number of aliphatic hydroxyl groups excluding tert-OH is 1. The summed E-state index contributed by atoms with van der Waals surface area (Å²) in [7, 11) is 1.46. The maximum Gasteiger partial charge on any atom is 0.336 e. The van der Waals surface area contributed by atoms with Gasteiger partial charge in [0.2, 0.25) is 0 Å². The van der Waals surface area contributed by atoms with Crippen LogP contribution < -0.4 is 0 Å². The lowest BCUT2D eigenvalue weighted by Crippen LogP contribution is -2.11. The summed E-state index contributed by atoms with van der Waals surface area (Å²) >= 11 is 3.00. The van der Waals surface area contributed by atoms with Gasteiger partial charge in [0, 0.05) is 63.7 Å². The molecule has 13 rings (SSSR count). The molecule has 1 N–H and O–H groups in total. The van der Waals surface area contributed by atoms with Crippen LogP contribution in [0.4, 0.5) is 0 Å². The number of aliphatic hydroxyl groups is 1. The molecule has 0 saturated heterocycles. The smallest absolute Gasteiger partial charge is 0.336 e. The highest BCUT2D eigenvalue weighted by Gasteiger charge is 2.38. The van der Waals surface area contributed by atoms with Crippen LogP contribution in [0.25, 0.3) is 42.5 Å². The minimum absolute atomic E-state index is 0.0190. The Hall–Kier alpha value is -15.7. The third-order valence-electron chi connectivity index (χ3n) is 19.8. The number of ketones is 12. The third kappa shape index (κ3) is 27.4. The number of allylic oxidation sites excluding steroid dienone is 24. The van der Waals surface area contributed by atoms with E-state index >= 15 is 0 Å². The van der Waals surface area contributed by atoms with Crippen molar-refractivity contribution in [2.75, 3.05) is 20.3 Å². The highest BCUT2D eigenvalue weighted by molar-refractivity contribution is 9.12. The van der Waals surface area contributed by atoms with Gasteiger partial charge < -0.3 is 28.8 Å². The van der Waals surface area contributed by atoms with Crippen molar-refractivity contribution in [2.45, 2.75) is 76.2 Å². The van der Waals surface area contributed by atoms with Gasteiger partial charge in [-0.05, 0) is 179 Å². The lowest BCUT2D eigenvalue weighted by molar-refractivity contribution is -0.137. The van der Waals surface area contributed by atoms with Gasteiger partial charge in [0.25, 0.3) is 0 Å². The fourth-order valence-corrected chi connectivity index (χ4v) is 12.9. The summed E-state index contributed by atoms with van der Waals surface area (Å²) in [6, 6.07) is 66.1. The van der Waals surface area contributed by atoms with E-state index in [1.165, 1.54) is 56.6 Å². The molecule has 0 atom stereocenters. The zero-order valence-electron chi connectivity index (χ0n) is 73.0. The number of hydrogen-bond donors (Lipinski definition) is 1. The predicted octanol–water partition coefficient (Wildman–Crippen LogP) is 19.9. The molecule has 0 bridgehead atoms. The van der Waals surface area contributed by atoms with E-state index in [-0.39, 0.29) is 89.9 Å². The standard InChI is InChI=1S/C25H20O4.C18H18O3.C17H14O4.2C17H16O3.C14H9BrO3/c1-17-18(2)25(28)23(24(17)27)21(15-13-19-9-5-3-6-10-19)29-22(26)16-14-20-11-7-4-8-12-20;1-4-21-15(11-10-14-8-6-5-7-9-14)16-17(19)12(2)13(3)18(16)20;1-11-10-14(19)16(17(11)20)15(21-12(2)18)9-8-13-6-4-3-5-7-13;1-11-12(2)17(19)15(16(11)18)14(20-3)10-9-13-7-5-4-6-8-13;1-3-20-15(10-9-13-7-5-4-6-8-13)16-14(18)11-12(2)17(16)19;15-10-8-12(17)13(14(10)18)11(16)7-6-9-4-2-1-3-5-9/h3-16H,1-2H3;5-11H,4H2,1-3H3;3-10H,1-2H3;4-10H,1-3H3;4-11H,3H2,1-2H3;1-8,18H/b15-13+,16-14+;11-10+;9-8+,16-15+;10-9+;10-9+,16-15+;7-6+. The molecular formula is C108H93BrO20. The molecule has 0 heterocycles. The second-order valence-electron chi connectivity index (χ2n) is 28.7. The number of ether oxygens (including phenoxy) is 5. The molecule has 6 aliphatic rings. The van der Waals surface area contributed by atoms with Crippen molar-refractivity contribution < 1.29 is 95.9 Å². The first kappa shape index (κ1) is 98.7. The summed E-state index contributed by atoms with van der Waals surface area (Å²) in [5.74, 6) is -4.83. The Morgan fingerprint density at radius 1 is 0.310 bits per heavy atom. The first-order chi connectivity index (χ1) is 61.8. The fourth-order valence-electron chi connectivity index (χ4n) is 12.4. The molecule has 0 fully saturated rings. The number of halogens is 1. The summed E-state index contributed by atoms with van der Waals surface area (Å²) < 4.78 is 26.9. The van der Waals surface area contributed by atoms with Crippen LogP contribution in [0.1, 0.15) is 115 Å². The number of hydrogen-bond acceptors (Lipinski definition) is 20. The van der Waals surface area contributed by atoms with Crippen molar-refractivity contribution >= 4 is 140 Å². The Kier molecular flexibility index (Phi) is 37.1. The lowest BCUT2D eigenvalue weighted by atomic mass is 10.1. The summed E-state index contributed by atoms with van der Waals surface area (Å²) in [4.78, 5) is 168. The Morgan fingerprint density at radius 2 is 0.558 bits per heavy atom. The van der Waals surface area contributed by atoms with E-state index in [1.54, 1.807) is 97.9 Å². The summed E-state index contributed by atoms with van der Waals surface area (Å²) in [5, 5.41) is 9.58. The molecule has 0 aromatic heterocycles. The fraction of sp³-hybridized carbons (Fsp3) is 0.130. The molecule has 0 amide bonds. The van der Waals surface area contributed by atoms with Crippen molar-refractivity contribution in [2.24, 2.45) is 0 Å². The first-order valence-corrected chi connectivity index (χ1v) is 41.4. The maximum absolute atomic E-state index is 12.6. The van der Waals surface area contributed by atoms with E-state index in [1.807, 2.05) is 244 Å². The normalized spacial score (nSPS) is 15.8. The monoisotopic (exact) mass is 1790 g/mol. The van der Waals surface area contributed by atoms with Gasteiger partial charge in [-0.1, -0.05) is 249 Å². The van der Waals surface area contributed by atoms with Crippen molar-refractivity contribution in [3.8, 4) is 0 Å². The molecule has 0 radical (unpaired) electrons. The molecule has 7 aromatic carbocycles. The van der Waals surface area contributed by atoms with Gasteiger partial charge >= 0.3 is 11.9 Å². The van der Waals surface area contributed by atoms with E-state index in [2.05, 4.69) is 15.9 Å². The van der Waals surface area contributed by atoms with Crippen LogP contribution in [0.5, 0.6) is 0 Å². The second kappa shape index (κ2) is 48.5. The van der Waals surface area contributed by atoms with Crippen molar-refractivity contribution in [1.82, 2.24) is 0 Å². The van der Waals surface area contributed by atoms with Crippen LogP contribution in [0, 0.1) is 0 Å². The van der Waals surface area contributed by atoms with Gasteiger partial charge in [-0.2, -0.15) is 0 Å². The number of Topliss-reactive ketones (excluding diaryl/α,β-unsaturated/α-hetero) is 8. The molecule has 652 valence electrons. The average Bonchev–Trinajstić information content (AvgIpc) is 1.63. The SMILES string of the molecule is CC(=O)OC(/C=C/c1ccccc1)=C1\C(=O)C=C(C)C1=O.CC1=C(C)C(=O)C(=C(/C=C/c2ccccc2)OC(=O)/C=C/c2ccccc2)C1=O.CCOC(/C=C/c1ccccc1)=C1C(=O)C(C)=C(C)C1=O.CCOC(/C=C/c1ccccc1)=C1\C(=O)C=C(C)C1=O.COC(/C=C/c1ccccc1)=C1C(=O)C(C)=C(C)C1=O.O=C1C=C(Br)C(O)=C1C(=O)/C=C/c1ccccc1. The second-order valence-corrected chi connectivity index (χ2v) is 29.6. The van der Waals surface area contributed by atoms with Crippen LogP contribution in [0.3, 0.4) is 0 Å². The molecule has 129 heavy (non-hydrogen) atoms. The van der Waals surface area contributed by atoms with Gasteiger partial charge in [-0.25, -0.2) is 4.79 Å². The summed E-state index contributed by atoms with van der Waals surface area (Å²) in [6.45, 7) is 18.7. The van der Waals surface area contributed by atoms with Crippen molar-refractivity contribution in [3.63, 3.8) is 0 Å². The lowest BCUT2D eigenvalue weighted by Gasteiger charge is -2.07. The summed E-state index contributed by atoms with van der Waals surface area (Å²) in [6.07, 6.45) is 26.4. The zero-order chi connectivity index (χ0) is 94.0. The Morgan fingerprint density at radius 3 is 0.822 bits per heavy atom. The van der Waals surface area contributed by atoms with Gasteiger partial charge in [-0.15, -0.1) is 0 Å². The largest absolute Gasteiger partial charge is 0.506 e. The predicted molar refractivity (Wildman–Crippen MR) is 501 cm³/mol. The number of esters is 2. The maximum atomic E-state index is 12.6. The minimum Gasteiger partial charge on any atom is -0.506 e. The molecule has 21 heteroatoms. The highest BCUT2D eigenvalue weighted by atomic mass is 79.9. The molecule has 0 aliphatic heterocycles. The van der Waals surface area contributed by atoms with Gasteiger partial charge in [0.1, 0.15) is 68.0 Å². The summed E-state index contributed by atoms with van der Waals surface area (Å²) in [5.41, 5.74) is 9.81. The molecule has 0 spiro atoms. The van der Waals surface area contributed by atoms with Gasteiger partial charge in [0.05, 0.1) is 24.8 Å². The molecule has 20 nitrogen and oxygen atoms in total. The quantitative estimate of drug-likeness (QED) is 0.0285. The Bertz CT molecular complexity index is 6150. The average molecular weight is 1790 g/mol.